The van der Waals surface area contributed by atoms with Gasteiger partial charge >= 0.3 is 0 Å². The number of carbonyl (C=O) groups is 1. The Bertz CT molecular complexity index is 1100. The van der Waals surface area contributed by atoms with Crippen LogP contribution in [0.5, 0.6) is 0 Å². The van der Waals surface area contributed by atoms with Gasteiger partial charge < -0.3 is 4.90 Å². The molecule has 168 valence electrons. The van der Waals surface area contributed by atoms with Crippen LogP contribution in [0.25, 0.3) is 0 Å². The van der Waals surface area contributed by atoms with Gasteiger partial charge in [0.25, 0.3) is 5.91 Å². The second-order valence-corrected chi connectivity index (χ2v) is 9.34. The third-order valence-corrected chi connectivity index (χ3v) is 7.39. The minimum Gasteiger partial charge on any atom is -0.332 e. The average molecular weight is 452 g/mol. The molecule has 0 bridgehead atoms. The molecule has 0 aliphatic carbocycles. The Hall–Kier alpha value is -3.03. The normalized spacial score (nSPS) is 11.5. The van der Waals surface area contributed by atoms with Crippen LogP contribution in [0.4, 0.5) is 0 Å². The molecule has 1 amide bonds. The third-order valence-electron chi connectivity index (χ3n) is 5.32. The van der Waals surface area contributed by atoms with E-state index < -0.39 is 10.0 Å². The Labute approximate surface area is 190 Å². The maximum atomic E-state index is 13.3. The van der Waals surface area contributed by atoms with Gasteiger partial charge in [-0.15, -0.1) is 0 Å². The van der Waals surface area contributed by atoms with Gasteiger partial charge in [-0.2, -0.15) is 4.31 Å². The van der Waals surface area contributed by atoms with E-state index in [9.17, 15) is 13.2 Å². The highest BCUT2D eigenvalue weighted by Crippen LogP contribution is 2.18. The van der Waals surface area contributed by atoms with E-state index in [4.69, 9.17) is 0 Å². The minimum atomic E-state index is -3.56. The molecule has 32 heavy (non-hydrogen) atoms. The molecule has 0 fully saturated rings. The zero-order chi connectivity index (χ0) is 23.0. The highest BCUT2D eigenvalue weighted by atomic mass is 32.2. The highest BCUT2D eigenvalue weighted by molar-refractivity contribution is 7.89. The summed E-state index contributed by atoms with van der Waals surface area (Å²) in [5.41, 5.74) is 2.40. The van der Waals surface area contributed by atoms with Crippen LogP contribution in [0.1, 0.15) is 35.5 Å². The zero-order valence-corrected chi connectivity index (χ0v) is 19.3. The SMILES string of the molecule is CCN(CC)S(=O)(=O)c1ccc(C(=O)N(CCc2ccccc2)Cc2ccccn2)cc1. The van der Waals surface area contributed by atoms with Crippen molar-refractivity contribution in [2.75, 3.05) is 19.6 Å². The van der Waals surface area contributed by atoms with E-state index in [-0.39, 0.29) is 10.8 Å². The molecule has 1 heterocycles. The van der Waals surface area contributed by atoms with Gasteiger partial charge in [-0.1, -0.05) is 50.2 Å². The molecule has 0 aliphatic heterocycles. The van der Waals surface area contributed by atoms with Gasteiger partial charge in [-0.05, 0) is 48.4 Å². The number of amides is 1. The van der Waals surface area contributed by atoms with Crippen molar-refractivity contribution in [1.29, 1.82) is 0 Å². The second-order valence-electron chi connectivity index (χ2n) is 7.40. The number of aromatic nitrogens is 1. The number of rotatable bonds is 10. The van der Waals surface area contributed by atoms with E-state index in [1.165, 1.54) is 16.4 Å². The van der Waals surface area contributed by atoms with E-state index in [2.05, 4.69) is 4.98 Å². The fraction of sp³-hybridized carbons (Fsp3) is 0.280. The smallest absolute Gasteiger partial charge is 0.254 e. The number of sulfonamides is 1. The number of hydrogen-bond donors (Lipinski definition) is 0. The Kier molecular flexibility index (Phi) is 8.14. The van der Waals surface area contributed by atoms with Gasteiger partial charge in [0.05, 0.1) is 17.1 Å². The standard InChI is InChI=1S/C25H29N3O3S/c1-3-28(4-2)32(30,31)24-15-13-22(14-16-24)25(29)27(20-23-12-8-9-18-26-23)19-17-21-10-6-5-7-11-21/h5-16,18H,3-4,17,19-20H2,1-2H3. The number of pyridine rings is 1. The van der Waals surface area contributed by atoms with E-state index in [1.807, 2.05) is 48.5 Å². The molecule has 0 unspecified atom stereocenters. The predicted molar refractivity (Wildman–Crippen MR) is 126 cm³/mol. The molecule has 7 heteroatoms. The Morgan fingerprint density at radius 3 is 2.12 bits per heavy atom. The summed E-state index contributed by atoms with van der Waals surface area (Å²) >= 11 is 0. The van der Waals surface area contributed by atoms with E-state index in [1.54, 1.807) is 37.1 Å². The van der Waals surface area contributed by atoms with Crippen molar-refractivity contribution >= 4 is 15.9 Å². The van der Waals surface area contributed by atoms with Gasteiger partial charge in [-0.3, -0.25) is 9.78 Å². The lowest BCUT2D eigenvalue weighted by atomic mass is 10.1. The molecule has 3 rings (SSSR count). The molecule has 6 nitrogen and oxygen atoms in total. The lowest BCUT2D eigenvalue weighted by Crippen LogP contribution is -2.33. The van der Waals surface area contributed by atoms with Crippen molar-refractivity contribution in [2.45, 2.75) is 31.7 Å². The highest BCUT2D eigenvalue weighted by Gasteiger charge is 2.23. The summed E-state index contributed by atoms with van der Waals surface area (Å²) in [6.07, 6.45) is 2.43. The van der Waals surface area contributed by atoms with Crippen LogP contribution < -0.4 is 0 Å². The molecule has 1 aromatic heterocycles. The lowest BCUT2D eigenvalue weighted by molar-refractivity contribution is 0.0743. The summed E-state index contributed by atoms with van der Waals surface area (Å²) in [6.45, 7) is 5.32. The first-order valence-electron chi connectivity index (χ1n) is 10.8. The van der Waals surface area contributed by atoms with Crippen LogP contribution in [-0.2, 0) is 23.0 Å². The summed E-state index contributed by atoms with van der Waals surface area (Å²) in [6, 6.07) is 21.8. The topological polar surface area (TPSA) is 70.6 Å². The van der Waals surface area contributed by atoms with Crippen molar-refractivity contribution in [3.63, 3.8) is 0 Å². The molecule has 0 atom stereocenters. The largest absolute Gasteiger partial charge is 0.332 e. The van der Waals surface area contributed by atoms with Gasteiger partial charge in [0.1, 0.15) is 0 Å². The first kappa shape index (κ1) is 23.6. The van der Waals surface area contributed by atoms with Crippen molar-refractivity contribution in [3.05, 3.63) is 95.8 Å². The quantitative estimate of drug-likeness (QED) is 0.467. The van der Waals surface area contributed by atoms with Gasteiger partial charge in [-0.25, -0.2) is 8.42 Å². The minimum absolute atomic E-state index is 0.154. The summed E-state index contributed by atoms with van der Waals surface area (Å²) < 4.78 is 26.9. The molecule has 0 aliphatic rings. The lowest BCUT2D eigenvalue weighted by Gasteiger charge is -2.23. The van der Waals surface area contributed by atoms with Gasteiger partial charge in [0.15, 0.2) is 0 Å². The second kappa shape index (κ2) is 11.0. The molecule has 0 spiro atoms. The summed E-state index contributed by atoms with van der Waals surface area (Å²) in [5.74, 6) is -0.154. The van der Waals surface area contributed by atoms with Crippen LogP contribution in [0, 0.1) is 0 Å². The number of hydrogen-bond acceptors (Lipinski definition) is 4. The first-order chi connectivity index (χ1) is 15.5. The monoisotopic (exact) mass is 451 g/mol. The molecular formula is C25H29N3O3S. The summed E-state index contributed by atoms with van der Waals surface area (Å²) in [4.78, 5) is 19.6. The number of carbonyl (C=O) groups excluding carboxylic acids is 1. The molecule has 0 radical (unpaired) electrons. The predicted octanol–water partition coefficient (Wildman–Crippen LogP) is 4.00. The van der Waals surface area contributed by atoms with Crippen molar-refractivity contribution in [1.82, 2.24) is 14.2 Å². The summed E-state index contributed by atoms with van der Waals surface area (Å²) in [5, 5.41) is 0. The third kappa shape index (κ3) is 5.81. The van der Waals surface area contributed by atoms with Crippen LogP contribution in [0.3, 0.4) is 0 Å². The van der Waals surface area contributed by atoms with Crippen molar-refractivity contribution in [2.24, 2.45) is 0 Å². The van der Waals surface area contributed by atoms with Crippen LogP contribution in [-0.4, -0.2) is 48.1 Å². The van der Waals surface area contributed by atoms with Crippen LogP contribution in [0.2, 0.25) is 0 Å². The maximum Gasteiger partial charge on any atom is 0.254 e. The van der Waals surface area contributed by atoms with Crippen LogP contribution >= 0.6 is 0 Å². The van der Waals surface area contributed by atoms with Gasteiger partial charge in [0, 0.05) is 31.4 Å². The molecule has 3 aromatic rings. The average Bonchev–Trinajstić information content (AvgIpc) is 2.83. The molecule has 0 saturated heterocycles. The van der Waals surface area contributed by atoms with E-state index >= 15 is 0 Å². The van der Waals surface area contributed by atoms with Crippen LogP contribution in [0.15, 0.2) is 83.9 Å². The van der Waals surface area contributed by atoms with E-state index in [0.29, 0.717) is 38.2 Å². The molecule has 2 aromatic carbocycles. The maximum absolute atomic E-state index is 13.3. The Morgan fingerprint density at radius 2 is 1.53 bits per heavy atom. The zero-order valence-electron chi connectivity index (χ0n) is 18.5. The number of nitrogens with zero attached hydrogens (tertiary/aromatic N) is 3. The summed E-state index contributed by atoms with van der Waals surface area (Å²) in [7, 11) is -3.56. The van der Waals surface area contributed by atoms with Gasteiger partial charge in [0.2, 0.25) is 10.0 Å². The Balaban J connectivity index is 1.81. The molecular weight excluding hydrogens is 422 g/mol. The van der Waals surface area contributed by atoms with Crippen molar-refractivity contribution < 1.29 is 13.2 Å². The first-order valence-corrected chi connectivity index (χ1v) is 12.2. The fourth-order valence-corrected chi connectivity index (χ4v) is 4.97. The van der Waals surface area contributed by atoms with E-state index in [0.717, 1.165) is 11.3 Å². The fourth-order valence-electron chi connectivity index (χ4n) is 3.51. The van der Waals surface area contributed by atoms with Crippen molar-refractivity contribution in [3.8, 4) is 0 Å². The Morgan fingerprint density at radius 1 is 0.875 bits per heavy atom. The molecule has 0 saturated carbocycles. The number of benzene rings is 2. The molecule has 0 N–H and O–H groups in total.